The fourth-order valence-electron chi connectivity index (χ4n) is 1.68. The smallest absolute Gasteiger partial charge is 0.284 e. The third-order valence-electron chi connectivity index (χ3n) is 2.57. The van der Waals surface area contributed by atoms with Gasteiger partial charge in [0.1, 0.15) is 0 Å². The third-order valence-corrected chi connectivity index (χ3v) is 2.57. The Morgan fingerprint density at radius 2 is 1.82 bits per heavy atom. The predicted molar refractivity (Wildman–Crippen MR) is 60.1 cm³/mol. The number of Topliss-reactive ketones (excluding diaryl/α,β-unsaturated/α-hetero) is 1. The molecule has 0 saturated heterocycles. The van der Waals surface area contributed by atoms with Crippen LogP contribution in [0.2, 0.25) is 0 Å². The molecule has 0 spiro atoms. The number of carbonyl (C=O) groups is 1. The highest BCUT2D eigenvalue weighted by molar-refractivity contribution is 6.01. The lowest BCUT2D eigenvalue weighted by Crippen LogP contribution is -2.24. The van der Waals surface area contributed by atoms with E-state index >= 15 is 0 Å². The minimum absolute atomic E-state index is 0.212. The van der Waals surface area contributed by atoms with Crippen LogP contribution >= 0.6 is 0 Å². The fourth-order valence-corrected chi connectivity index (χ4v) is 1.68. The molecule has 0 N–H and O–H groups in total. The Kier molecular flexibility index (Phi) is 4.73. The SMILES string of the molecule is CCCCCc1ccccc1C(=O)C(F)(F)F. The van der Waals surface area contributed by atoms with Gasteiger partial charge in [0.15, 0.2) is 0 Å². The molecule has 0 aliphatic rings. The second-order valence-electron chi connectivity index (χ2n) is 3.94. The van der Waals surface area contributed by atoms with E-state index in [4.69, 9.17) is 0 Å². The normalized spacial score (nSPS) is 11.5. The quantitative estimate of drug-likeness (QED) is 0.561. The summed E-state index contributed by atoms with van der Waals surface area (Å²) >= 11 is 0. The van der Waals surface area contributed by atoms with Gasteiger partial charge in [-0.2, -0.15) is 13.2 Å². The number of hydrogen-bond acceptors (Lipinski definition) is 1. The summed E-state index contributed by atoms with van der Waals surface area (Å²) in [4.78, 5) is 11.2. The van der Waals surface area contributed by atoms with Crippen molar-refractivity contribution < 1.29 is 18.0 Å². The Labute approximate surface area is 98.6 Å². The zero-order valence-electron chi connectivity index (χ0n) is 9.68. The van der Waals surface area contributed by atoms with Crippen molar-refractivity contribution in [1.29, 1.82) is 0 Å². The Bertz CT molecular complexity index is 382. The lowest BCUT2D eigenvalue weighted by atomic mass is 9.98. The predicted octanol–water partition coefficient (Wildman–Crippen LogP) is 4.16. The lowest BCUT2D eigenvalue weighted by molar-refractivity contribution is -0.0885. The van der Waals surface area contributed by atoms with Crippen LogP contribution in [0.15, 0.2) is 24.3 Å². The molecular formula is C13H15F3O. The summed E-state index contributed by atoms with van der Waals surface area (Å²) < 4.78 is 37.1. The molecule has 0 fully saturated rings. The molecule has 0 bridgehead atoms. The standard InChI is InChI=1S/C13H15F3O/c1-2-3-4-7-10-8-5-6-9-11(10)12(17)13(14,15)16/h5-6,8-9H,2-4,7H2,1H3. The van der Waals surface area contributed by atoms with Crippen LogP contribution in [-0.4, -0.2) is 12.0 Å². The van der Waals surface area contributed by atoms with Gasteiger partial charge in [-0.25, -0.2) is 0 Å². The number of unbranched alkanes of at least 4 members (excludes halogenated alkanes) is 2. The summed E-state index contributed by atoms with van der Waals surface area (Å²) in [5.41, 5.74) is 0.277. The molecule has 1 nitrogen and oxygen atoms in total. The van der Waals surface area contributed by atoms with Crippen LogP contribution in [0.3, 0.4) is 0 Å². The highest BCUT2D eigenvalue weighted by Gasteiger charge is 2.39. The van der Waals surface area contributed by atoms with Crippen molar-refractivity contribution in [3.05, 3.63) is 35.4 Å². The van der Waals surface area contributed by atoms with Crippen molar-refractivity contribution in [3.63, 3.8) is 0 Å². The summed E-state index contributed by atoms with van der Waals surface area (Å²) in [6.45, 7) is 2.02. The maximum absolute atomic E-state index is 12.4. The minimum atomic E-state index is -4.79. The number of alkyl halides is 3. The second-order valence-corrected chi connectivity index (χ2v) is 3.94. The van der Waals surface area contributed by atoms with Crippen LogP contribution in [-0.2, 0) is 6.42 Å². The van der Waals surface area contributed by atoms with Gasteiger partial charge in [0.25, 0.3) is 5.78 Å². The van der Waals surface area contributed by atoms with Gasteiger partial charge in [-0.1, -0.05) is 44.0 Å². The molecule has 0 radical (unpaired) electrons. The number of rotatable bonds is 5. The van der Waals surface area contributed by atoms with E-state index in [9.17, 15) is 18.0 Å². The van der Waals surface area contributed by atoms with Crippen molar-refractivity contribution in [3.8, 4) is 0 Å². The maximum atomic E-state index is 12.4. The molecule has 0 amide bonds. The summed E-state index contributed by atoms with van der Waals surface area (Å²) in [6, 6.07) is 5.96. The molecule has 94 valence electrons. The highest BCUT2D eigenvalue weighted by atomic mass is 19.4. The number of ketones is 1. The van der Waals surface area contributed by atoms with Gasteiger partial charge >= 0.3 is 6.18 Å². The first-order valence-corrected chi connectivity index (χ1v) is 5.66. The van der Waals surface area contributed by atoms with Crippen molar-refractivity contribution in [2.45, 2.75) is 38.8 Å². The summed E-state index contributed by atoms with van der Waals surface area (Å²) in [5, 5.41) is 0. The molecule has 0 atom stereocenters. The second kappa shape index (κ2) is 5.84. The molecule has 0 unspecified atom stereocenters. The fraction of sp³-hybridized carbons (Fsp3) is 0.462. The van der Waals surface area contributed by atoms with Crippen LogP contribution in [0.25, 0.3) is 0 Å². The Balaban J connectivity index is 2.88. The molecule has 1 rings (SSSR count). The van der Waals surface area contributed by atoms with E-state index < -0.39 is 12.0 Å². The number of aryl methyl sites for hydroxylation is 1. The van der Waals surface area contributed by atoms with E-state index in [1.807, 2.05) is 6.92 Å². The zero-order valence-corrected chi connectivity index (χ0v) is 9.68. The first-order chi connectivity index (χ1) is 7.96. The molecule has 1 aromatic carbocycles. The van der Waals surface area contributed by atoms with Crippen molar-refractivity contribution in [2.75, 3.05) is 0 Å². The third kappa shape index (κ3) is 3.88. The van der Waals surface area contributed by atoms with E-state index in [-0.39, 0.29) is 5.56 Å². The number of hydrogen-bond donors (Lipinski definition) is 0. The van der Waals surface area contributed by atoms with E-state index in [0.29, 0.717) is 12.0 Å². The highest BCUT2D eigenvalue weighted by Crippen LogP contribution is 2.24. The van der Waals surface area contributed by atoms with E-state index in [1.165, 1.54) is 12.1 Å². The molecular weight excluding hydrogens is 229 g/mol. The monoisotopic (exact) mass is 244 g/mol. The molecule has 0 saturated carbocycles. The molecule has 1 aromatic rings. The summed E-state index contributed by atoms with van der Waals surface area (Å²) in [6.07, 6.45) is -1.52. The molecule has 0 heterocycles. The summed E-state index contributed by atoms with van der Waals surface area (Å²) in [7, 11) is 0. The van der Waals surface area contributed by atoms with Gasteiger partial charge in [-0.15, -0.1) is 0 Å². The van der Waals surface area contributed by atoms with E-state index in [2.05, 4.69) is 0 Å². The van der Waals surface area contributed by atoms with Crippen molar-refractivity contribution in [1.82, 2.24) is 0 Å². The van der Waals surface area contributed by atoms with Crippen molar-refractivity contribution >= 4 is 5.78 Å². The lowest BCUT2D eigenvalue weighted by Gasteiger charge is -2.10. The van der Waals surface area contributed by atoms with Gasteiger partial charge in [-0.05, 0) is 18.4 Å². The Morgan fingerprint density at radius 3 is 2.41 bits per heavy atom. The Morgan fingerprint density at radius 1 is 1.18 bits per heavy atom. The van der Waals surface area contributed by atoms with Crippen molar-refractivity contribution in [2.24, 2.45) is 0 Å². The molecule has 0 aliphatic heterocycles. The Hall–Kier alpha value is -1.32. The van der Waals surface area contributed by atoms with Crippen LogP contribution in [0, 0.1) is 0 Å². The van der Waals surface area contributed by atoms with Crippen LogP contribution in [0.4, 0.5) is 13.2 Å². The summed E-state index contributed by atoms with van der Waals surface area (Å²) in [5.74, 6) is -1.75. The van der Waals surface area contributed by atoms with Gasteiger partial charge in [-0.3, -0.25) is 4.79 Å². The minimum Gasteiger partial charge on any atom is -0.284 e. The van der Waals surface area contributed by atoms with E-state index in [0.717, 1.165) is 19.3 Å². The van der Waals surface area contributed by atoms with Gasteiger partial charge in [0, 0.05) is 5.56 Å². The zero-order chi connectivity index (χ0) is 12.9. The maximum Gasteiger partial charge on any atom is 0.454 e. The van der Waals surface area contributed by atoms with Crippen LogP contribution in [0.1, 0.15) is 42.1 Å². The molecule has 0 aliphatic carbocycles. The number of benzene rings is 1. The van der Waals surface area contributed by atoms with Crippen LogP contribution in [0.5, 0.6) is 0 Å². The number of carbonyl (C=O) groups excluding carboxylic acids is 1. The molecule has 0 aromatic heterocycles. The molecule has 17 heavy (non-hydrogen) atoms. The number of halogens is 3. The topological polar surface area (TPSA) is 17.1 Å². The first-order valence-electron chi connectivity index (χ1n) is 5.66. The van der Waals surface area contributed by atoms with Gasteiger partial charge < -0.3 is 0 Å². The average Bonchev–Trinajstić information content (AvgIpc) is 2.28. The van der Waals surface area contributed by atoms with Gasteiger partial charge in [0.05, 0.1) is 0 Å². The largest absolute Gasteiger partial charge is 0.454 e. The van der Waals surface area contributed by atoms with Gasteiger partial charge in [0.2, 0.25) is 0 Å². The molecule has 4 heteroatoms. The van der Waals surface area contributed by atoms with E-state index in [1.54, 1.807) is 12.1 Å². The average molecular weight is 244 g/mol. The van der Waals surface area contributed by atoms with Crippen LogP contribution < -0.4 is 0 Å². The first kappa shape index (κ1) is 13.7.